The predicted octanol–water partition coefficient (Wildman–Crippen LogP) is 2.67. The molecule has 0 aliphatic heterocycles. The highest BCUT2D eigenvalue weighted by Gasteiger charge is 2.09. The molecule has 0 aromatic heterocycles. The third-order valence-electron chi connectivity index (χ3n) is 3.22. The third-order valence-corrected chi connectivity index (χ3v) is 3.22. The van der Waals surface area contributed by atoms with Gasteiger partial charge in [-0.2, -0.15) is 5.26 Å². The van der Waals surface area contributed by atoms with Gasteiger partial charge < -0.3 is 4.90 Å². The number of hydrogen-bond donors (Lipinski definition) is 0. The molecule has 1 atom stereocenters. The summed E-state index contributed by atoms with van der Waals surface area (Å²) in [5, 5.41) is 8.56. The molecule has 0 saturated heterocycles. The molecule has 1 aromatic carbocycles. The Bertz CT molecular complexity index is 431. The molecule has 0 N–H and O–H groups in total. The first-order chi connectivity index (χ1) is 8.54. The second-order valence-corrected chi connectivity index (χ2v) is 4.69. The maximum absolute atomic E-state index is 11.2. The molecule has 0 spiro atoms. The van der Waals surface area contributed by atoms with Gasteiger partial charge >= 0.3 is 0 Å². The van der Waals surface area contributed by atoms with Crippen LogP contribution in [0.4, 0.5) is 0 Å². The van der Waals surface area contributed by atoms with Crippen molar-refractivity contribution in [2.24, 2.45) is 0 Å². The quantitative estimate of drug-likeness (QED) is 0.723. The van der Waals surface area contributed by atoms with E-state index in [1.54, 1.807) is 6.92 Å². The van der Waals surface area contributed by atoms with Crippen LogP contribution in [0, 0.1) is 11.3 Å². The van der Waals surface area contributed by atoms with Crippen molar-refractivity contribution >= 4 is 5.78 Å². The average Bonchev–Trinajstić information content (AvgIpc) is 2.36. The smallest absolute Gasteiger partial charge is 0.159 e. The Kier molecular flexibility index (Phi) is 5.54. The van der Waals surface area contributed by atoms with Gasteiger partial charge in [-0.15, -0.1) is 0 Å². The summed E-state index contributed by atoms with van der Waals surface area (Å²) in [5.74, 6) is 0.0979. The van der Waals surface area contributed by atoms with Gasteiger partial charge in [-0.3, -0.25) is 4.79 Å². The van der Waals surface area contributed by atoms with Gasteiger partial charge in [0, 0.05) is 24.6 Å². The molecule has 3 heteroatoms. The normalized spacial score (nSPS) is 12.2. The summed E-state index contributed by atoms with van der Waals surface area (Å²) in [5.41, 5.74) is 1.97. The first kappa shape index (κ1) is 14.4. The van der Waals surface area contributed by atoms with E-state index in [2.05, 4.69) is 17.9 Å². The van der Waals surface area contributed by atoms with E-state index >= 15 is 0 Å². The van der Waals surface area contributed by atoms with Crippen LogP contribution in [0.15, 0.2) is 24.3 Å². The van der Waals surface area contributed by atoms with Gasteiger partial charge in [-0.05, 0) is 32.9 Å². The van der Waals surface area contributed by atoms with Crippen LogP contribution in [-0.2, 0) is 6.42 Å². The molecule has 1 rings (SSSR count). The fourth-order valence-electron chi connectivity index (χ4n) is 1.82. The minimum absolute atomic E-state index is 0.0979. The summed E-state index contributed by atoms with van der Waals surface area (Å²) in [6.45, 7) is 4.52. The molecule has 0 bridgehead atoms. The molecular formula is C15H20N2O. The van der Waals surface area contributed by atoms with E-state index in [1.807, 2.05) is 31.3 Å². The van der Waals surface area contributed by atoms with E-state index in [1.165, 1.54) is 5.56 Å². The van der Waals surface area contributed by atoms with E-state index in [9.17, 15) is 4.79 Å². The van der Waals surface area contributed by atoms with Crippen molar-refractivity contribution in [1.29, 1.82) is 5.26 Å². The molecule has 18 heavy (non-hydrogen) atoms. The summed E-state index contributed by atoms with van der Waals surface area (Å²) in [6.07, 6.45) is 1.49. The van der Waals surface area contributed by atoms with E-state index in [4.69, 9.17) is 5.26 Å². The fraction of sp³-hybridized carbons (Fsp3) is 0.467. The zero-order chi connectivity index (χ0) is 13.5. The van der Waals surface area contributed by atoms with E-state index in [0.29, 0.717) is 12.5 Å². The van der Waals surface area contributed by atoms with Crippen LogP contribution in [0.25, 0.3) is 0 Å². The molecule has 0 fully saturated rings. The Labute approximate surface area is 109 Å². The second-order valence-electron chi connectivity index (χ2n) is 4.69. The van der Waals surface area contributed by atoms with Crippen molar-refractivity contribution in [2.45, 2.75) is 32.7 Å². The molecule has 0 heterocycles. The molecule has 0 unspecified atom stereocenters. The number of carbonyl (C=O) groups excluding carboxylic acids is 1. The first-order valence-electron chi connectivity index (χ1n) is 6.21. The number of hydrogen-bond acceptors (Lipinski definition) is 3. The van der Waals surface area contributed by atoms with Crippen LogP contribution >= 0.6 is 0 Å². The molecule has 96 valence electrons. The monoisotopic (exact) mass is 244 g/mol. The lowest BCUT2D eigenvalue weighted by Crippen LogP contribution is -2.31. The number of rotatable bonds is 6. The molecule has 0 aliphatic carbocycles. The molecule has 0 saturated carbocycles. The number of ketones is 1. The summed E-state index contributed by atoms with van der Waals surface area (Å²) in [7, 11) is 2.03. The predicted molar refractivity (Wildman–Crippen MR) is 72.5 cm³/mol. The van der Waals surface area contributed by atoms with E-state index in [0.717, 1.165) is 18.5 Å². The zero-order valence-corrected chi connectivity index (χ0v) is 11.3. The van der Waals surface area contributed by atoms with E-state index < -0.39 is 0 Å². The average molecular weight is 244 g/mol. The summed E-state index contributed by atoms with van der Waals surface area (Å²) < 4.78 is 0. The van der Waals surface area contributed by atoms with Gasteiger partial charge in [0.25, 0.3) is 0 Å². The Hall–Kier alpha value is -1.66. The highest BCUT2D eigenvalue weighted by atomic mass is 16.1. The lowest BCUT2D eigenvalue weighted by Gasteiger charge is -2.23. The fourth-order valence-corrected chi connectivity index (χ4v) is 1.82. The van der Waals surface area contributed by atoms with Crippen molar-refractivity contribution in [1.82, 2.24) is 4.90 Å². The largest absolute Gasteiger partial charge is 0.302 e. The summed E-state index contributed by atoms with van der Waals surface area (Å²) in [4.78, 5) is 13.3. The minimum atomic E-state index is 0.0979. The lowest BCUT2D eigenvalue weighted by atomic mass is 10.0. The Morgan fingerprint density at radius 3 is 2.50 bits per heavy atom. The SMILES string of the molecule is CC(=O)c1ccc(C[C@H](C)N(C)CCC#N)cc1. The topological polar surface area (TPSA) is 44.1 Å². The van der Waals surface area contributed by atoms with Crippen LogP contribution in [0.1, 0.15) is 36.2 Å². The molecular weight excluding hydrogens is 224 g/mol. The van der Waals surface area contributed by atoms with Gasteiger partial charge in [0.05, 0.1) is 6.07 Å². The molecule has 0 aliphatic rings. The lowest BCUT2D eigenvalue weighted by molar-refractivity contribution is 0.101. The second kappa shape index (κ2) is 6.93. The Morgan fingerprint density at radius 1 is 1.39 bits per heavy atom. The van der Waals surface area contributed by atoms with Crippen molar-refractivity contribution in [2.75, 3.05) is 13.6 Å². The number of nitriles is 1. The zero-order valence-electron chi connectivity index (χ0n) is 11.3. The molecule has 1 aromatic rings. The number of nitrogens with zero attached hydrogens (tertiary/aromatic N) is 2. The number of benzene rings is 1. The van der Waals surface area contributed by atoms with Crippen LogP contribution in [0.3, 0.4) is 0 Å². The van der Waals surface area contributed by atoms with Gasteiger partial charge in [-0.25, -0.2) is 0 Å². The highest BCUT2D eigenvalue weighted by molar-refractivity contribution is 5.93. The van der Waals surface area contributed by atoms with Crippen molar-refractivity contribution in [3.8, 4) is 6.07 Å². The van der Waals surface area contributed by atoms with Crippen molar-refractivity contribution in [3.05, 3.63) is 35.4 Å². The highest BCUT2D eigenvalue weighted by Crippen LogP contribution is 2.10. The van der Waals surface area contributed by atoms with Crippen LogP contribution < -0.4 is 0 Å². The number of Topliss-reactive ketones (excluding diaryl/α,β-unsaturated/α-hetero) is 1. The summed E-state index contributed by atoms with van der Waals surface area (Å²) in [6, 6.07) is 10.3. The van der Waals surface area contributed by atoms with E-state index in [-0.39, 0.29) is 5.78 Å². The minimum Gasteiger partial charge on any atom is -0.302 e. The van der Waals surface area contributed by atoms with Gasteiger partial charge in [-0.1, -0.05) is 24.3 Å². The standard InChI is InChI=1S/C15H20N2O/c1-12(17(3)10-4-9-16)11-14-5-7-15(8-6-14)13(2)18/h5-8,12H,4,10-11H2,1-3H3/t12-/m0/s1. The number of likely N-dealkylation sites (N-methyl/N-ethyl adjacent to an activating group) is 1. The maximum Gasteiger partial charge on any atom is 0.159 e. The molecule has 3 nitrogen and oxygen atoms in total. The Morgan fingerprint density at radius 2 is 2.00 bits per heavy atom. The van der Waals surface area contributed by atoms with Crippen LogP contribution in [-0.4, -0.2) is 30.3 Å². The van der Waals surface area contributed by atoms with Crippen molar-refractivity contribution < 1.29 is 4.79 Å². The van der Waals surface area contributed by atoms with Gasteiger partial charge in [0.2, 0.25) is 0 Å². The van der Waals surface area contributed by atoms with Gasteiger partial charge in [0.1, 0.15) is 0 Å². The number of carbonyl (C=O) groups is 1. The maximum atomic E-state index is 11.2. The van der Waals surface area contributed by atoms with Crippen molar-refractivity contribution in [3.63, 3.8) is 0 Å². The van der Waals surface area contributed by atoms with Crippen LogP contribution in [0.2, 0.25) is 0 Å². The Balaban J connectivity index is 2.56. The van der Waals surface area contributed by atoms with Crippen LogP contribution in [0.5, 0.6) is 0 Å². The molecule has 0 radical (unpaired) electrons. The van der Waals surface area contributed by atoms with Gasteiger partial charge in [0.15, 0.2) is 5.78 Å². The molecule has 0 amide bonds. The summed E-state index contributed by atoms with van der Waals surface area (Å²) >= 11 is 0. The third kappa shape index (κ3) is 4.31. The first-order valence-corrected chi connectivity index (χ1v) is 6.21.